The average Bonchev–Trinajstić information content (AvgIpc) is 1.10. The molecule has 2 aliphatic rings. The van der Waals surface area contributed by atoms with E-state index in [2.05, 4.69) is 71.8 Å². The van der Waals surface area contributed by atoms with Crippen molar-refractivity contribution < 1.29 is 111 Å². The molecule has 18 N–H and O–H groups in total. The van der Waals surface area contributed by atoms with E-state index in [1.807, 2.05) is 9.80 Å². The standard InChI is InChI=1S/2C38H53N11O12.Al.FH.2H/c2*39-38-45-34-33(36(57)46-38)43-27(21-42-34)20-41-26-5-3-25(4-6-26)35(56)44-29(37(58)59)7-8-30(51)40-9-17-61-19-18-60-16-1-2-28(50)22-47-10-12-48(23-31(52)53)14-15-49(13-11-47)24-32(54)55;;;;/h2*3-6,21,29,41H,1-2,7-20,22-24H2,(H,40,51)(H,44,56)(H,52,53)(H,54,55)(H,58,59)(H3,39,42,45,46,57);;1H;;/q;;+1;;;/p-1/t2*29-;;;;/m00..../s1/i;;;1-1;;. The first-order valence-electron chi connectivity index (χ1n) is 39.8. The van der Waals surface area contributed by atoms with E-state index in [0.717, 1.165) is 0 Å². The van der Waals surface area contributed by atoms with Gasteiger partial charge < -0.3 is 96.5 Å². The second kappa shape index (κ2) is 55.3. The first-order valence-corrected chi connectivity index (χ1v) is 40.5. The molecule has 2 fully saturated rings. The van der Waals surface area contributed by atoms with Crippen LogP contribution in [-0.2, 0) is 80.0 Å². The van der Waals surface area contributed by atoms with Gasteiger partial charge in [-0.2, -0.15) is 9.97 Å². The molecular formula is C76H108AlFN22O24. The Morgan fingerprint density at radius 2 is 0.718 bits per heavy atom. The molecule has 4 amide bonds. The zero-order chi connectivity index (χ0) is 90.3. The summed E-state index contributed by atoms with van der Waals surface area (Å²) in [6, 6.07) is 9.85. The van der Waals surface area contributed by atoms with Crippen LogP contribution in [0.1, 0.15) is 83.5 Å². The number of Topliss-reactive ketones (excluding diaryl/α,β-unsaturated/α-hetero) is 2. The highest BCUT2D eigenvalue weighted by Gasteiger charge is 2.27. The number of fused-ring (bicyclic) bond motifs is 2. The summed E-state index contributed by atoms with van der Waals surface area (Å²) in [5.41, 5.74) is 12.9. The number of ketones is 2. The van der Waals surface area contributed by atoms with Crippen LogP contribution in [0.2, 0.25) is 0 Å². The number of carbonyl (C=O) groups is 12. The van der Waals surface area contributed by atoms with Crippen molar-refractivity contribution in [3.05, 3.63) is 104 Å². The molecule has 8 rings (SSSR count). The number of rotatable bonds is 50. The van der Waals surface area contributed by atoms with Crippen LogP contribution < -0.4 is 54.5 Å². The van der Waals surface area contributed by atoms with Gasteiger partial charge in [-0.15, -0.1) is 0 Å². The minimum absolute atomic E-state index is 0.00110. The highest BCUT2D eigenvalue weighted by molar-refractivity contribution is 5.98. The van der Waals surface area contributed by atoms with Gasteiger partial charge in [0.2, 0.25) is 23.7 Å². The SMILES string of the molecule is Nc1nc2ncc(CNc3ccc(C(=O)N[C@@H](CCC(=O)NCCOCCOCCCC(=O)CN4CCN(CC(=O)O)CCN(CC(=O)O)CC4)C(=O)O)cc3)nc2c(=O)[nH]1.Nc1nc2ncc(CNc3ccc(C(=O)N[C@@H](CCC(=O)NCCOCCOCCCC(=O)CN4CCN(CC(=O)O)CCN(CC(=O)O)CC4)C(=O)O)cc3)nc2c(=O)[nH]1.[18F][AlH2]. The molecule has 46 nitrogen and oxygen atoms in total. The Labute approximate surface area is 718 Å². The maximum absolute atomic E-state index is 12.8. The van der Waals surface area contributed by atoms with Crippen LogP contribution >= 0.6 is 0 Å². The van der Waals surface area contributed by atoms with Crippen molar-refractivity contribution in [2.75, 3.05) is 206 Å². The second-order valence-electron chi connectivity index (χ2n) is 28.3. The van der Waals surface area contributed by atoms with Crippen molar-refractivity contribution in [2.45, 2.75) is 76.5 Å². The predicted octanol–water partition coefficient (Wildman–Crippen LogP) is -3.58. The second-order valence-corrected chi connectivity index (χ2v) is 28.3. The van der Waals surface area contributed by atoms with Crippen molar-refractivity contribution in [2.24, 2.45) is 0 Å². The number of H-pyrrole nitrogens is 2. The summed E-state index contributed by atoms with van der Waals surface area (Å²) in [4.78, 5) is 209. The van der Waals surface area contributed by atoms with Gasteiger partial charge in [-0.1, -0.05) is 0 Å². The molecule has 6 aromatic rings. The number of nitrogens with one attached hydrogen (secondary N) is 8. The largest absolute Gasteiger partial charge is 0.480 e. The summed E-state index contributed by atoms with van der Waals surface area (Å²) >= 11 is -0.194. The number of anilines is 4. The normalized spacial score (nSPS) is 14.4. The van der Waals surface area contributed by atoms with E-state index < -0.39 is 82.6 Å². The first-order chi connectivity index (χ1) is 59.5. The Hall–Kier alpha value is -11.8. The molecule has 2 atom stereocenters. The molecule has 0 unspecified atom stereocenters. The van der Waals surface area contributed by atoms with Crippen molar-refractivity contribution in [3.8, 4) is 0 Å². The number of hydrogen-bond donors (Lipinski definition) is 16. The molecule has 2 aromatic carbocycles. The highest BCUT2D eigenvalue weighted by atomic mass is 27.1. The van der Waals surface area contributed by atoms with Crippen LogP contribution in [0.5, 0.6) is 0 Å². The Balaban J connectivity index is 0.000000376. The van der Waals surface area contributed by atoms with E-state index in [-0.39, 0.29) is 217 Å². The molecule has 124 heavy (non-hydrogen) atoms. The molecule has 2 aliphatic heterocycles. The molecular weight excluding hydrogens is 1650 g/mol. The molecule has 6 heterocycles. The summed E-state index contributed by atoms with van der Waals surface area (Å²) in [5.74, 6) is -8.69. The fourth-order valence-corrected chi connectivity index (χ4v) is 12.4. The summed E-state index contributed by atoms with van der Waals surface area (Å²) in [5, 5.41) is 72.5. The number of carboxylic acid groups (broad SMARTS) is 6. The first kappa shape index (κ1) is 101. The predicted molar refractivity (Wildman–Crippen MR) is 445 cm³/mol. The van der Waals surface area contributed by atoms with Crippen molar-refractivity contribution in [1.29, 1.82) is 0 Å². The van der Waals surface area contributed by atoms with Gasteiger partial charge in [-0.25, -0.2) is 29.5 Å². The third-order valence-electron chi connectivity index (χ3n) is 18.7. The van der Waals surface area contributed by atoms with Crippen LogP contribution in [0.25, 0.3) is 22.3 Å². The van der Waals surface area contributed by atoms with Crippen molar-refractivity contribution in [3.63, 3.8) is 0 Å². The number of halogens is 1. The number of nitrogen functional groups attached to an aromatic ring is 2. The molecule has 676 valence electrons. The van der Waals surface area contributed by atoms with Crippen molar-refractivity contribution >= 4 is 133 Å². The lowest BCUT2D eigenvalue weighted by atomic mass is 10.1. The number of carbonyl (C=O) groups excluding carboxylic acids is 6. The molecule has 4 aromatic heterocycles. The number of benzene rings is 2. The maximum atomic E-state index is 12.8. The topological polar surface area (TPSA) is 650 Å². The molecule has 0 spiro atoms. The van der Waals surface area contributed by atoms with Gasteiger partial charge in [0.15, 0.2) is 22.3 Å². The Bertz CT molecular complexity index is 4280. The van der Waals surface area contributed by atoms with Crippen LogP contribution in [0.15, 0.2) is 70.5 Å². The number of nitrogens with zero attached hydrogens (tertiary/aromatic N) is 12. The smallest absolute Gasteiger partial charge is 0.472 e. The summed E-state index contributed by atoms with van der Waals surface area (Å²) in [7, 11) is 0. The zero-order valence-corrected chi connectivity index (χ0v) is 70.7. The van der Waals surface area contributed by atoms with Crippen LogP contribution in [0.4, 0.5) is 26.8 Å². The minimum atomic E-state index is -1.31. The molecule has 0 saturated carbocycles. The third-order valence-corrected chi connectivity index (χ3v) is 18.7. The number of carboxylic acids is 6. The van der Waals surface area contributed by atoms with E-state index in [9.17, 15) is 101 Å². The van der Waals surface area contributed by atoms with Gasteiger partial charge in [0.25, 0.3) is 22.9 Å². The van der Waals surface area contributed by atoms with E-state index in [4.69, 9.17) is 30.4 Å². The fourth-order valence-electron chi connectivity index (χ4n) is 12.4. The minimum Gasteiger partial charge on any atom is -0.480 e. The van der Waals surface area contributed by atoms with Gasteiger partial charge in [0.1, 0.15) is 23.7 Å². The van der Waals surface area contributed by atoms with Crippen LogP contribution in [-0.4, -0.2) is 384 Å². The number of nitrogens with two attached hydrogens (primary N) is 2. The lowest BCUT2D eigenvalue weighted by Gasteiger charge is -2.24. The molecule has 0 aliphatic carbocycles. The number of amides is 4. The van der Waals surface area contributed by atoms with E-state index in [0.29, 0.717) is 127 Å². The number of aromatic nitrogens is 8. The molecule has 0 bridgehead atoms. The van der Waals surface area contributed by atoms with Gasteiger partial charge in [0.05, 0.1) is 116 Å². The summed E-state index contributed by atoms with van der Waals surface area (Å²) < 4.78 is 31.7. The monoisotopic (exact) mass is 1760 g/mol. The molecule has 0 radical (unpaired) electrons. The van der Waals surface area contributed by atoms with Crippen LogP contribution in [0, 0.1) is 0 Å². The van der Waals surface area contributed by atoms with Gasteiger partial charge in [-0.05, 0) is 74.2 Å². The lowest BCUT2D eigenvalue weighted by molar-refractivity contribution is -0.140. The van der Waals surface area contributed by atoms with Crippen molar-refractivity contribution in [1.82, 2.24) is 90.5 Å². The number of hydrogen-bond acceptors (Lipinski definition) is 34. The maximum Gasteiger partial charge on any atom is 0.472 e. The Morgan fingerprint density at radius 3 is 1.02 bits per heavy atom. The lowest BCUT2D eigenvalue weighted by Crippen LogP contribution is -2.41. The van der Waals surface area contributed by atoms with Gasteiger partial charge >= 0.3 is 52.6 Å². The highest BCUT2D eigenvalue weighted by Crippen LogP contribution is 2.16. The number of aromatic amines is 2. The van der Waals surface area contributed by atoms with E-state index >= 15 is 0 Å². The number of aliphatic carboxylic acids is 6. The molecule has 2 saturated heterocycles. The Morgan fingerprint density at radius 1 is 0.419 bits per heavy atom. The molecule has 48 heteroatoms. The van der Waals surface area contributed by atoms with Crippen LogP contribution in [0.3, 0.4) is 0 Å². The van der Waals surface area contributed by atoms with E-state index in [1.54, 1.807) is 43.9 Å². The fraction of sp³-hybridized carbons (Fsp3) is 0.526. The van der Waals surface area contributed by atoms with Gasteiger partial charge in [0, 0.05) is 153 Å². The van der Waals surface area contributed by atoms with E-state index in [1.165, 1.54) is 36.7 Å². The third kappa shape index (κ3) is 39.6. The zero-order valence-electron chi connectivity index (χ0n) is 68.7. The van der Waals surface area contributed by atoms with Gasteiger partial charge in [-0.3, -0.25) is 96.9 Å². The Kier molecular flexibility index (Phi) is 45.1. The quantitative estimate of drug-likeness (QED) is 0.0130. The summed E-state index contributed by atoms with van der Waals surface area (Å²) in [6.45, 7) is 7.95. The number of ether oxygens (including phenoxy) is 4. The summed E-state index contributed by atoms with van der Waals surface area (Å²) in [6.07, 6.45) is 3.86. The average molecular weight is 1760 g/mol.